The van der Waals surface area contributed by atoms with E-state index in [1.807, 2.05) is 36.4 Å². The fraction of sp³-hybridized carbons (Fsp3) is 0.130. The molecule has 148 valence electrons. The maximum Gasteiger partial charge on any atom is 0.340 e. The summed E-state index contributed by atoms with van der Waals surface area (Å²) in [5.74, 6) is -1.58. The van der Waals surface area contributed by atoms with Gasteiger partial charge in [0.25, 0.3) is 0 Å². The van der Waals surface area contributed by atoms with Gasteiger partial charge in [0.1, 0.15) is 6.61 Å². The Labute approximate surface area is 168 Å². The third-order valence-corrected chi connectivity index (χ3v) is 4.59. The van der Waals surface area contributed by atoms with Gasteiger partial charge in [-0.3, -0.25) is 0 Å². The molecule has 0 radical (unpaired) electrons. The predicted octanol–water partition coefficient (Wildman–Crippen LogP) is 4.17. The number of rotatable bonds is 7. The first-order valence-corrected chi connectivity index (χ1v) is 9.11. The molecule has 29 heavy (non-hydrogen) atoms. The van der Waals surface area contributed by atoms with E-state index >= 15 is 0 Å². The smallest absolute Gasteiger partial charge is 0.340 e. The number of carboxylic acid groups (broad SMARTS) is 1. The minimum absolute atomic E-state index is 0.123. The summed E-state index contributed by atoms with van der Waals surface area (Å²) in [5, 5.41) is 12.6. The second-order valence-electron chi connectivity index (χ2n) is 6.59. The van der Waals surface area contributed by atoms with E-state index in [9.17, 15) is 14.7 Å². The number of nitrogens with two attached hydrogens (primary N) is 1. The first-order valence-electron chi connectivity index (χ1n) is 9.11. The van der Waals surface area contributed by atoms with E-state index in [4.69, 9.17) is 10.5 Å². The molecule has 0 fully saturated rings. The number of carbonyl (C=O) groups is 2. The van der Waals surface area contributed by atoms with Crippen molar-refractivity contribution in [2.24, 2.45) is 0 Å². The minimum Gasteiger partial charge on any atom is -0.479 e. The van der Waals surface area contributed by atoms with Gasteiger partial charge in [0.15, 0.2) is 6.04 Å². The van der Waals surface area contributed by atoms with Crippen LogP contribution in [0.25, 0.3) is 0 Å². The van der Waals surface area contributed by atoms with Gasteiger partial charge in [-0.25, -0.2) is 9.59 Å². The molecule has 0 aliphatic rings. The van der Waals surface area contributed by atoms with Crippen LogP contribution in [0.2, 0.25) is 0 Å². The number of carboxylic acids is 1. The van der Waals surface area contributed by atoms with E-state index < -0.39 is 18.0 Å². The Bertz CT molecular complexity index is 1000. The lowest BCUT2D eigenvalue weighted by atomic mass is 10.0. The Kier molecular flexibility index (Phi) is 6.14. The van der Waals surface area contributed by atoms with Crippen molar-refractivity contribution in [2.45, 2.75) is 19.6 Å². The molecular weight excluding hydrogens is 368 g/mol. The lowest BCUT2D eigenvalue weighted by Crippen LogP contribution is -2.21. The summed E-state index contributed by atoms with van der Waals surface area (Å²) in [4.78, 5) is 24.4. The van der Waals surface area contributed by atoms with Gasteiger partial charge < -0.3 is 20.9 Å². The third-order valence-electron chi connectivity index (χ3n) is 4.59. The SMILES string of the molecule is Cc1c(NC(C(=O)O)c2ccccc2)ccc(N)c1C(=O)OCc1ccccc1. The number of benzene rings is 3. The molecule has 1 atom stereocenters. The van der Waals surface area contributed by atoms with Crippen LogP contribution in [0.5, 0.6) is 0 Å². The normalized spacial score (nSPS) is 11.5. The predicted molar refractivity (Wildman–Crippen MR) is 112 cm³/mol. The van der Waals surface area contributed by atoms with Crippen molar-refractivity contribution in [2.75, 3.05) is 11.1 Å². The van der Waals surface area contributed by atoms with Crippen LogP contribution >= 0.6 is 0 Å². The Morgan fingerprint density at radius 3 is 2.24 bits per heavy atom. The molecule has 0 aliphatic carbocycles. The minimum atomic E-state index is -1.03. The second-order valence-corrected chi connectivity index (χ2v) is 6.59. The summed E-state index contributed by atoms with van der Waals surface area (Å²) in [5.41, 5.74) is 9.02. The monoisotopic (exact) mass is 390 g/mol. The number of esters is 1. The van der Waals surface area contributed by atoms with Crippen LogP contribution in [0.15, 0.2) is 72.8 Å². The molecule has 0 bridgehead atoms. The highest BCUT2D eigenvalue weighted by molar-refractivity contribution is 5.98. The van der Waals surface area contributed by atoms with Crippen molar-refractivity contribution in [3.05, 3.63) is 95.1 Å². The molecule has 0 aromatic heterocycles. The van der Waals surface area contributed by atoms with Crippen molar-refractivity contribution in [3.63, 3.8) is 0 Å². The molecule has 6 heteroatoms. The summed E-state index contributed by atoms with van der Waals surface area (Å²) < 4.78 is 5.40. The number of hydrogen-bond donors (Lipinski definition) is 3. The van der Waals surface area contributed by atoms with Crippen molar-refractivity contribution in [1.82, 2.24) is 0 Å². The van der Waals surface area contributed by atoms with Crippen LogP contribution in [0, 0.1) is 6.92 Å². The number of nitrogens with one attached hydrogen (secondary N) is 1. The first kappa shape index (κ1) is 19.9. The summed E-state index contributed by atoms with van der Waals surface area (Å²) in [6.45, 7) is 1.83. The van der Waals surface area contributed by atoms with E-state index in [0.717, 1.165) is 5.56 Å². The molecule has 0 aliphatic heterocycles. The number of ether oxygens (including phenoxy) is 1. The van der Waals surface area contributed by atoms with Crippen LogP contribution in [0.4, 0.5) is 11.4 Å². The molecule has 0 saturated carbocycles. The lowest BCUT2D eigenvalue weighted by molar-refractivity contribution is -0.138. The summed E-state index contributed by atoms with van der Waals surface area (Å²) >= 11 is 0. The van der Waals surface area contributed by atoms with Gasteiger partial charge in [0.2, 0.25) is 0 Å². The van der Waals surface area contributed by atoms with E-state index in [0.29, 0.717) is 16.8 Å². The number of hydrogen-bond acceptors (Lipinski definition) is 5. The zero-order chi connectivity index (χ0) is 20.8. The van der Waals surface area contributed by atoms with Gasteiger partial charge in [-0.2, -0.15) is 0 Å². The molecule has 6 nitrogen and oxygen atoms in total. The van der Waals surface area contributed by atoms with Gasteiger partial charge in [-0.15, -0.1) is 0 Å². The van der Waals surface area contributed by atoms with Crippen molar-refractivity contribution < 1.29 is 19.4 Å². The van der Waals surface area contributed by atoms with Gasteiger partial charge in [0.05, 0.1) is 5.56 Å². The molecule has 3 aromatic carbocycles. The maximum atomic E-state index is 12.7. The molecule has 4 N–H and O–H groups in total. The van der Waals surface area contributed by atoms with E-state index in [2.05, 4.69) is 5.32 Å². The van der Waals surface area contributed by atoms with Gasteiger partial charge in [-0.05, 0) is 35.7 Å². The first-order chi connectivity index (χ1) is 14.0. The zero-order valence-corrected chi connectivity index (χ0v) is 16.0. The molecule has 0 spiro atoms. The van der Waals surface area contributed by atoms with Crippen LogP contribution in [0.1, 0.15) is 33.1 Å². The second kappa shape index (κ2) is 8.93. The van der Waals surface area contributed by atoms with Crippen molar-refractivity contribution in [1.29, 1.82) is 0 Å². The van der Waals surface area contributed by atoms with Crippen LogP contribution < -0.4 is 11.1 Å². The standard InChI is InChI=1S/C23H22N2O4/c1-15-19(25-21(22(26)27)17-10-6-3-7-11-17)13-12-18(24)20(15)23(28)29-14-16-8-4-2-5-9-16/h2-13,21,25H,14,24H2,1H3,(H,26,27). The summed E-state index contributed by atoms with van der Waals surface area (Å²) in [6, 6.07) is 20.4. The molecule has 0 heterocycles. The fourth-order valence-corrected chi connectivity index (χ4v) is 3.04. The average Bonchev–Trinajstić information content (AvgIpc) is 2.73. The molecule has 3 aromatic rings. The number of anilines is 2. The molecule has 0 saturated heterocycles. The Hall–Kier alpha value is -3.80. The maximum absolute atomic E-state index is 12.7. The highest BCUT2D eigenvalue weighted by Crippen LogP contribution is 2.29. The quantitative estimate of drug-likeness (QED) is 0.413. The van der Waals surface area contributed by atoms with E-state index in [1.165, 1.54) is 0 Å². The number of nitrogen functional groups attached to an aromatic ring is 1. The highest BCUT2D eigenvalue weighted by atomic mass is 16.5. The van der Waals surface area contributed by atoms with Gasteiger partial charge in [-0.1, -0.05) is 60.7 Å². The van der Waals surface area contributed by atoms with Crippen molar-refractivity contribution in [3.8, 4) is 0 Å². The molecular formula is C23H22N2O4. The van der Waals surface area contributed by atoms with Crippen molar-refractivity contribution >= 4 is 23.3 Å². The summed E-state index contributed by atoms with van der Waals surface area (Å²) in [7, 11) is 0. The number of carbonyl (C=O) groups excluding carboxylic acids is 1. The largest absolute Gasteiger partial charge is 0.479 e. The molecule has 3 rings (SSSR count). The third kappa shape index (κ3) is 4.73. The zero-order valence-electron chi connectivity index (χ0n) is 16.0. The van der Waals surface area contributed by atoms with Gasteiger partial charge in [0, 0.05) is 11.4 Å². The van der Waals surface area contributed by atoms with Crippen LogP contribution in [0.3, 0.4) is 0 Å². The lowest BCUT2D eigenvalue weighted by Gasteiger charge is -2.20. The van der Waals surface area contributed by atoms with E-state index in [-0.39, 0.29) is 17.9 Å². The molecule has 0 amide bonds. The Balaban J connectivity index is 1.84. The topological polar surface area (TPSA) is 102 Å². The Morgan fingerprint density at radius 2 is 1.62 bits per heavy atom. The Morgan fingerprint density at radius 1 is 1.00 bits per heavy atom. The summed E-state index contributed by atoms with van der Waals surface area (Å²) in [6.07, 6.45) is 0. The highest BCUT2D eigenvalue weighted by Gasteiger charge is 2.23. The van der Waals surface area contributed by atoms with E-state index in [1.54, 1.807) is 43.3 Å². The fourth-order valence-electron chi connectivity index (χ4n) is 3.04. The van der Waals surface area contributed by atoms with Crippen LogP contribution in [-0.4, -0.2) is 17.0 Å². The molecule has 1 unspecified atom stereocenters. The van der Waals surface area contributed by atoms with Crippen LogP contribution in [-0.2, 0) is 16.1 Å². The number of aliphatic carboxylic acids is 1. The average molecular weight is 390 g/mol. The van der Waals surface area contributed by atoms with Gasteiger partial charge >= 0.3 is 11.9 Å².